The van der Waals surface area contributed by atoms with Crippen molar-refractivity contribution in [3.8, 4) is 0 Å². The van der Waals surface area contributed by atoms with E-state index in [1.165, 1.54) is 0 Å². The Balaban J connectivity index is 1.90. The monoisotopic (exact) mass is 323 g/mol. The standard InChI is InChI=1S/C17H29N3O3/c1-5-17(22-12-11-19-10-8-18-14-19)7-6-9-20(13-17)15(21)23-16(2,3)4/h8,10,14H,5-7,9,11-13H2,1-4H3. The molecule has 1 atom stereocenters. The molecule has 1 aromatic heterocycles. The molecular formula is C17H29N3O3. The van der Waals surface area contributed by atoms with E-state index in [4.69, 9.17) is 9.47 Å². The highest BCUT2D eigenvalue weighted by Gasteiger charge is 2.38. The van der Waals surface area contributed by atoms with Crippen LogP contribution in [0.4, 0.5) is 4.79 Å². The average Bonchev–Trinajstić information content (AvgIpc) is 2.99. The highest BCUT2D eigenvalue weighted by Crippen LogP contribution is 2.29. The molecule has 1 aromatic rings. The summed E-state index contributed by atoms with van der Waals surface area (Å²) in [5, 5.41) is 0. The van der Waals surface area contributed by atoms with Gasteiger partial charge < -0.3 is 18.9 Å². The van der Waals surface area contributed by atoms with Crippen molar-refractivity contribution in [2.24, 2.45) is 0 Å². The third-order valence-electron chi connectivity index (χ3n) is 4.15. The molecule has 1 amide bonds. The topological polar surface area (TPSA) is 56.6 Å². The van der Waals surface area contributed by atoms with Crippen LogP contribution < -0.4 is 0 Å². The van der Waals surface area contributed by atoms with Crippen LogP contribution in [0, 0.1) is 0 Å². The van der Waals surface area contributed by atoms with Gasteiger partial charge >= 0.3 is 6.09 Å². The number of carbonyl (C=O) groups excluding carboxylic acids is 1. The zero-order valence-electron chi connectivity index (χ0n) is 14.7. The number of hydrogen-bond acceptors (Lipinski definition) is 4. The van der Waals surface area contributed by atoms with E-state index in [0.29, 0.717) is 13.2 Å². The van der Waals surface area contributed by atoms with Gasteiger partial charge in [0.15, 0.2) is 0 Å². The Morgan fingerprint density at radius 2 is 2.17 bits per heavy atom. The molecule has 0 aliphatic carbocycles. The normalized spacial score (nSPS) is 22.2. The number of rotatable bonds is 5. The fraction of sp³-hybridized carbons (Fsp3) is 0.765. The number of aromatic nitrogens is 2. The molecule has 6 nitrogen and oxygen atoms in total. The molecule has 0 N–H and O–H groups in total. The lowest BCUT2D eigenvalue weighted by Crippen LogP contribution is -2.52. The van der Waals surface area contributed by atoms with Crippen LogP contribution in [0.1, 0.15) is 47.0 Å². The molecule has 1 saturated heterocycles. The molecule has 1 unspecified atom stereocenters. The van der Waals surface area contributed by atoms with Crippen molar-refractivity contribution < 1.29 is 14.3 Å². The van der Waals surface area contributed by atoms with Gasteiger partial charge in [0.25, 0.3) is 0 Å². The SMILES string of the molecule is CCC1(OCCn2ccnc2)CCCN(C(=O)OC(C)(C)C)C1. The van der Waals surface area contributed by atoms with Gasteiger partial charge in [0.1, 0.15) is 5.60 Å². The first-order valence-electron chi connectivity index (χ1n) is 8.41. The van der Waals surface area contributed by atoms with Gasteiger partial charge in [-0.1, -0.05) is 6.92 Å². The Bertz CT molecular complexity index is 496. The van der Waals surface area contributed by atoms with E-state index in [2.05, 4.69) is 11.9 Å². The maximum Gasteiger partial charge on any atom is 0.410 e. The summed E-state index contributed by atoms with van der Waals surface area (Å²) in [5.74, 6) is 0. The van der Waals surface area contributed by atoms with E-state index in [-0.39, 0.29) is 11.7 Å². The van der Waals surface area contributed by atoms with Gasteiger partial charge in [-0.2, -0.15) is 0 Å². The van der Waals surface area contributed by atoms with E-state index in [0.717, 1.165) is 32.4 Å². The van der Waals surface area contributed by atoms with E-state index < -0.39 is 5.60 Å². The number of ether oxygens (including phenoxy) is 2. The molecule has 130 valence electrons. The van der Waals surface area contributed by atoms with Gasteiger partial charge in [0.05, 0.1) is 25.1 Å². The number of imidazole rings is 1. The fourth-order valence-corrected chi connectivity index (χ4v) is 2.88. The molecular weight excluding hydrogens is 294 g/mol. The number of piperidine rings is 1. The van der Waals surface area contributed by atoms with Crippen LogP contribution in [-0.4, -0.2) is 51.4 Å². The van der Waals surface area contributed by atoms with Crippen LogP contribution in [-0.2, 0) is 16.0 Å². The first kappa shape index (κ1) is 17.8. The molecule has 23 heavy (non-hydrogen) atoms. The zero-order chi connectivity index (χ0) is 16.9. The van der Waals surface area contributed by atoms with Crippen LogP contribution in [0.15, 0.2) is 18.7 Å². The first-order chi connectivity index (χ1) is 10.8. The fourth-order valence-electron chi connectivity index (χ4n) is 2.88. The van der Waals surface area contributed by atoms with Crippen LogP contribution >= 0.6 is 0 Å². The molecule has 1 aliphatic heterocycles. The summed E-state index contributed by atoms with van der Waals surface area (Å²) in [5.41, 5.74) is -0.735. The quantitative estimate of drug-likeness (QED) is 0.835. The smallest absolute Gasteiger partial charge is 0.410 e. The molecule has 1 aliphatic rings. The van der Waals surface area contributed by atoms with Crippen molar-refractivity contribution in [1.29, 1.82) is 0 Å². The Labute approximate surface area is 138 Å². The van der Waals surface area contributed by atoms with Crippen molar-refractivity contribution in [2.45, 2.75) is 64.7 Å². The van der Waals surface area contributed by atoms with Crippen molar-refractivity contribution in [3.05, 3.63) is 18.7 Å². The minimum absolute atomic E-state index is 0.242. The summed E-state index contributed by atoms with van der Waals surface area (Å²) >= 11 is 0. The van der Waals surface area contributed by atoms with E-state index >= 15 is 0 Å². The molecule has 0 radical (unpaired) electrons. The number of carbonyl (C=O) groups is 1. The maximum atomic E-state index is 12.3. The predicted molar refractivity (Wildman–Crippen MR) is 88.2 cm³/mol. The molecule has 1 fully saturated rings. The van der Waals surface area contributed by atoms with Gasteiger partial charge in [-0.15, -0.1) is 0 Å². The van der Waals surface area contributed by atoms with Crippen molar-refractivity contribution in [2.75, 3.05) is 19.7 Å². The number of amides is 1. The van der Waals surface area contributed by atoms with Gasteiger partial charge in [0, 0.05) is 25.5 Å². The summed E-state index contributed by atoms with van der Waals surface area (Å²) in [6.45, 7) is 10.5. The Morgan fingerprint density at radius 3 is 2.78 bits per heavy atom. The van der Waals surface area contributed by atoms with Crippen LogP contribution in [0.5, 0.6) is 0 Å². The molecule has 2 rings (SSSR count). The number of likely N-dealkylation sites (tertiary alicyclic amines) is 1. The minimum Gasteiger partial charge on any atom is -0.444 e. The summed E-state index contributed by atoms with van der Waals surface area (Å²) < 4.78 is 13.7. The largest absolute Gasteiger partial charge is 0.444 e. The highest BCUT2D eigenvalue weighted by atomic mass is 16.6. The molecule has 2 heterocycles. The Kier molecular flexibility index (Phi) is 5.68. The molecule has 0 bridgehead atoms. The predicted octanol–water partition coefficient (Wildman–Crippen LogP) is 3.08. The van der Waals surface area contributed by atoms with Crippen molar-refractivity contribution >= 4 is 6.09 Å². The molecule has 6 heteroatoms. The molecule has 0 spiro atoms. The first-order valence-corrected chi connectivity index (χ1v) is 8.41. The Morgan fingerprint density at radius 1 is 1.39 bits per heavy atom. The second-order valence-electron chi connectivity index (χ2n) is 7.19. The number of nitrogens with zero attached hydrogens (tertiary/aromatic N) is 3. The summed E-state index contributed by atoms with van der Waals surface area (Å²) in [6.07, 6.45) is 8.04. The van der Waals surface area contributed by atoms with Gasteiger partial charge in [-0.25, -0.2) is 9.78 Å². The van der Waals surface area contributed by atoms with Crippen LogP contribution in [0.25, 0.3) is 0 Å². The van der Waals surface area contributed by atoms with Crippen LogP contribution in [0.2, 0.25) is 0 Å². The summed E-state index contributed by atoms with van der Waals surface area (Å²) in [7, 11) is 0. The molecule has 0 aromatic carbocycles. The van der Waals surface area contributed by atoms with Gasteiger partial charge in [-0.05, 0) is 40.0 Å². The maximum absolute atomic E-state index is 12.3. The lowest BCUT2D eigenvalue weighted by Gasteiger charge is -2.42. The van der Waals surface area contributed by atoms with E-state index in [1.807, 2.05) is 31.5 Å². The third-order valence-corrected chi connectivity index (χ3v) is 4.15. The zero-order valence-corrected chi connectivity index (χ0v) is 14.7. The summed E-state index contributed by atoms with van der Waals surface area (Å²) in [6, 6.07) is 0. The highest BCUT2D eigenvalue weighted by molar-refractivity contribution is 5.68. The van der Waals surface area contributed by atoms with Gasteiger partial charge in [-0.3, -0.25) is 0 Å². The van der Waals surface area contributed by atoms with Crippen LogP contribution in [0.3, 0.4) is 0 Å². The second kappa shape index (κ2) is 7.34. The average molecular weight is 323 g/mol. The van der Waals surface area contributed by atoms with E-state index in [1.54, 1.807) is 17.4 Å². The molecule has 0 saturated carbocycles. The lowest BCUT2D eigenvalue weighted by molar-refractivity contribution is -0.0952. The van der Waals surface area contributed by atoms with Crippen molar-refractivity contribution in [1.82, 2.24) is 14.5 Å². The summed E-state index contributed by atoms with van der Waals surface area (Å²) in [4.78, 5) is 18.1. The van der Waals surface area contributed by atoms with E-state index in [9.17, 15) is 4.79 Å². The Hall–Kier alpha value is -1.56. The third kappa shape index (κ3) is 5.23. The second-order valence-corrected chi connectivity index (χ2v) is 7.19. The van der Waals surface area contributed by atoms with Gasteiger partial charge in [0.2, 0.25) is 0 Å². The minimum atomic E-state index is -0.467. The van der Waals surface area contributed by atoms with Crippen molar-refractivity contribution in [3.63, 3.8) is 0 Å². The number of hydrogen-bond donors (Lipinski definition) is 0. The lowest BCUT2D eigenvalue weighted by atomic mass is 9.90.